The Bertz CT molecular complexity index is 1010. The first-order chi connectivity index (χ1) is 12.3. The van der Waals surface area contributed by atoms with Crippen molar-refractivity contribution < 1.29 is 14.5 Å². The summed E-state index contributed by atoms with van der Waals surface area (Å²) in [6.45, 7) is 0. The van der Waals surface area contributed by atoms with Gasteiger partial charge in [-0.05, 0) is 23.6 Å². The Morgan fingerprint density at radius 1 is 1.15 bits per heavy atom. The Kier molecular flexibility index (Phi) is 4.98. The van der Waals surface area contributed by atoms with Gasteiger partial charge in [-0.25, -0.2) is 5.01 Å². The van der Waals surface area contributed by atoms with Gasteiger partial charge in [0.25, 0.3) is 17.5 Å². The Hall–Kier alpha value is -2.82. The number of thiophene rings is 2. The second-order valence-corrected chi connectivity index (χ2v) is 7.54. The van der Waals surface area contributed by atoms with E-state index < -0.39 is 4.92 Å². The van der Waals surface area contributed by atoms with Gasteiger partial charge in [0.1, 0.15) is 5.00 Å². The number of hydrazine groups is 1. The molecule has 10 heteroatoms. The average molecular weight is 390 g/mol. The van der Waals surface area contributed by atoms with Crippen LogP contribution in [0.2, 0.25) is 0 Å². The van der Waals surface area contributed by atoms with Gasteiger partial charge < -0.3 is 5.32 Å². The van der Waals surface area contributed by atoms with Crippen molar-refractivity contribution in [3.05, 3.63) is 56.3 Å². The fourth-order valence-electron chi connectivity index (χ4n) is 2.27. The van der Waals surface area contributed by atoms with E-state index in [1.165, 1.54) is 39.8 Å². The third kappa shape index (κ3) is 3.72. The number of amides is 2. The molecule has 26 heavy (non-hydrogen) atoms. The van der Waals surface area contributed by atoms with Crippen molar-refractivity contribution in [2.45, 2.75) is 0 Å². The summed E-state index contributed by atoms with van der Waals surface area (Å²) in [7, 11) is 3.39. The molecule has 0 radical (unpaired) electrons. The smallest absolute Gasteiger partial charge is 0.270 e. The molecule has 0 saturated carbocycles. The summed E-state index contributed by atoms with van der Waals surface area (Å²) in [5.41, 5.74) is 2.97. The first-order valence-electron chi connectivity index (χ1n) is 7.40. The number of non-ortho nitro benzene ring substituents is 1. The molecule has 0 aliphatic carbocycles. The predicted octanol–water partition coefficient (Wildman–Crippen LogP) is 3.33. The van der Waals surface area contributed by atoms with E-state index in [0.29, 0.717) is 20.8 Å². The van der Waals surface area contributed by atoms with Gasteiger partial charge in [-0.3, -0.25) is 25.1 Å². The summed E-state index contributed by atoms with van der Waals surface area (Å²) in [5, 5.41) is 17.9. The highest BCUT2D eigenvalue weighted by Gasteiger charge is 2.18. The van der Waals surface area contributed by atoms with E-state index in [-0.39, 0.29) is 17.5 Å². The maximum atomic E-state index is 12.5. The number of nitrogens with one attached hydrogen (secondary N) is 2. The lowest BCUT2D eigenvalue weighted by atomic mass is 10.2. The molecule has 0 saturated heterocycles. The molecule has 0 aliphatic heterocycles. The van der Waals surface area contributed by atoms with Gasteiger partial charge in [0.2, 0.25) is 0 Å². The van der Waals surface area contributed by atoms with Crippen molar-refractivity contribution in [2.24, 2.45) is 0 Å². The van der Waals surface area contributed by atoms with Crippen molar-refractivity contribution in [1.29, 1.82) is 0 Å². The lowest BCUT2D eigenvalue weighted by molar-refractivity contribution is -0.384. The molecule has 134 valence electrons. The maximum Gasteiger partial charge on any atom is 0.270 e. The van der Waals surface area contributed by atoms with Gasteiger partial charge >= 0.3 is 0 Å². The minimum Gasteiger partial charge on any atom is -0.312 e. The van der Waals surface area contributed by atoms with E-state index in [1.807, 2.05) is 0 Å². The maximum absolute atomic E-state index is 12.5. The van der Waals surface area contributed by atoms with Crippen LogP contribution in [0.5, 0.6) is 0 Å². The summed E-state index contributed by atoms with van der Waals surface area (Å²) in [6.07, 6.45) is 0. The first-order valence-corrected chi connectivity index (χ1v) is 9.10. The first kappa shape index (κ1) is 18.0. The summed E-state index contributed by atoms with van der Waals surface area (Å²) >= 11 is 2.48. The van der Waals surface area contributed by atoms with Crippen LogP contribution in [0, 0.1) is 10.1 Å². The van der Waals surface area contributed by atoms with Gasteiger partial charge in [-0.2, -0.15) is 0 Å². The molecule has 0 aliphatic rings. The van der Waals surface area contributed by atoms with Gasteiger partial charge in [0.05, 0.1) is 15.4 Å². The Morgan fingerprint density at radius 3 is 2.62 bits per heavy atom. The number of fused-ring (bicyclic) bond motifs is 1. The molecule has 0 fully saturated rings. The largest absolute Gasteiger partial charge is 0.312 e. The number of nitro benzene ring substituents is 1. The van der Waals surface area contributed by atoms with Gasteiger partial charge in [0, 0.05) is 36.3 Å². The summed E-state index contributed by atoms with van der Waals surface area (Å²) < 4.78 is 0.775. The van der Waals surface area contributed by atoms with Gasteiger partial charge in [0.15, 0.2) is 0 Å². The molecule has 3 rings (SSSR count). The Morgan fingerprint density at radius 2 is 1.92 bits per heavy atom. The quantitative estimate of drug-likeness (QED) is 0.514. The molecule has 0 spiro atoms. The van der Waals surface area contributed by atoms with Crippen molar-refractivity contribution in [1.82, 2.24) is 10.4 Å². The summed E-state index contributed by atoms with van der Waals surface area (Å²) in [6, 6.07) is 7.70. The highest BCUT2D eigenvalue weighted by Crippen LogP contribution is 2.30. The second-order valence-electron chi connectivity index (χ2n) is 5.54. The number of benzene rings is 1. The van der Waals surface area contributed by atoms with Gasteiger partial charge in [-0.1, -0.05) is 0 Å². The standard InChI is InChI=1S/C16H14N4O4S2/c1-19(2)18-14(21)11-5-6-25-16(11)17-15(22)13-8-9-7-10(20(23)24)3-4-12(9)26-13/h3-8H,1-2H3,(H,17,22)(H,18,21). The molecule has 1 aromatic carbocycles. The van der Waals surface area contributed by atoms with Crippen molar-refractivity contribution in [3.8, 4) is 0 Å². The van der Waals surface area contributed by atoms with Crippen molar-refractivity contribution in [2.75, 3.05) is 19.4 Å². The van der Waals surface area contributed by atoms with Crippen LogP contribution in [0.1, 0.15) is 20.0 Å². The zero-order chi connectivity index (χ0) is 18.8. The van der Waals surface area contributed by atoms with Crippen LogP contribution in [-0.4, -0.2) is 35.8 Å². The fraction of sp³-hybridized carbons (Fsp3) is 0.125. The van der Waals surface area contributed by atoms with Crippen LogP contribution in [0.4, 0.5) is 10.7 Å². The fourth-order valence-corrected chi connectivity index (χ4v) is 3.99. The molecule has 0 bridgehead atoms. The van der Waals surface area contributed by atoms with Crippen LogP contribution in [-0.2, 0) is 0 Å². The van der Waals surface area contributed by atoms with E-state index in [4.69, 9.17) is 0 Å². The summed E-state index contributed by atoms with van der Waals surface area (Å²) in [5.74, 6) is -0.686. The number of carbonyl (C=O) groups is 2. The number of hydrogen-bond acceptors (Lipinski definition) is 7. The van der Waals surface area contributed by atoms with Crippen molar-refractivity contribution in [3.63, 3.8) is 0 Å². The van der Waals surface area contributed by atoms with Crippen molar-refractivity contribution >= 4 is 55.3 Å². The third-order valence-electron chi connectivity index (χ3n) is 3.40. The van der Waals surface area contributed by atoms with E-state index in [2.05, 4.69) is 10.7 Å². The molecule has 0 unspecified atom stereocenters. The Labute approximate surface area is 156 Å². The van der Waals surface area contributed by atoms with Crippen LogP contribution < -0.4 is 10.7 Å². The zero-order valence-electron chi connectivity index (χ0n) is 13.8. The number of hydrogen-bond donors (Lipinski definition) is 2. The second kappa shape index (κ2) is 7.20. The lowest BCUT2D eigenvalue weighted by Crippen LogP contribution is -2.36. The molecule has 2 heterocycles. The van der Waals surface area contributed by atoms with E-state index in [1.54, 1.807) is 37.7 Å². The molecule has 0 atom stereocenters. The third-order valence-corrected chi connectivity index (χ3v) is 5.34. The van der Waals surface area contributed by atoms with Crippen LogP contribution in [0.15, 0.2) is 35.7 Å². The number of rotatable bonds is 5. The molecule has 8 nitrogen and oxygen atoms in total. The zero-order valence-corrected chi connectivity index (χ0v) is 15.4. The van der Waals surface area contributed by atoms with Crippen LogP contribution >= 0.6 is 22.7 Å². The minimum atomic E-state index is -0.474. The Balaban J connectivity index is 1.83. The molecule has 2 aromatic heterocycles. The summed E-state index contributed by atoms with van der Waals surface area (Å²) in [4.78, 5) is 35.5. The molecular formula is C16H14N4O4S2. The van der Waals surface area contributed by atoms with E-state index in [0.717, 1.165) is 4.70 Å². The number of anilines is 1. The SMILES string of the molecule is CN(C)NC(=O)c1ccsc1NC(=O)c1cc2cc([N+](=O)[O-])ccc2s1. The predicted molar refractivity (Wildman–Crippen MR) is 102 cm³/mol. The normalized spacial score (nSPS) is 10.9. The molecule has 3 aromatic rings. The molecule has 2 amide bonds. The van der Waals surface area contributed by atoms with Crippen LogP contribution in [0.3, 0.4) is 0 Å². The minimum absolute atomic E-state index is 0.0249. The molecule has 2 N–H and O–H groups in total. The average Bonchev–Trinajstić information content (AvgIpc) is 3.19. The lowest BCUT2D eigenvalue weighted by Gasteiger charge is -2.12. The number of carbonyl (C=O) groups excluding carboxylic acids is 2. The highest BCUT2D eigenvalue weighted by molar-refractivity contribution is 7.21. The molecular weight excluding hydrogens is 376 g/mol. The van der Waals surface area contributed by atoms with E-state index in [9.17, 15) is 19.7 Å². The number of nitrogens with zero attached hydrogens (tertiary/aromatic N) is 2. The van der Waals surface area contributed by atoms with Gasteiger partial charge in [-0.15, -0.1) is 22.7 Å². The van der Waals surface area contributed by atoms with E-state index >= 15 is 0 Å². The number of nitro groups is 1. The highest BCUT2D eigenvalue weighted by atomic mass is 32.1. The topological polar surface area (TPSA) is 105 Å². The monoisotopic (exact) mass is 390 g/mol. The van der Waals surface area contributed by atoms with Crippen LogP contribution in [0.25, 0.3) is 10.1 Å².